The number of hydrogen-bond acceptors (Lipinski definition) is 2. The molecule has 0 aliphatic carbocycles. The van der Waals surface area contributed by atoms with Gasteiger partial charge in [-0.2, -0.15) is 0 Å². The first-order chi connectivity index (χ1) is 7.10. The lowest BCUT2D eigenvalue weighted by atomic mass is 10.0. The summed E-state index contributed by atoms with van der Waals surface area (Å²) in [4.78, 5) is 24.9. The minimum absolute atomic E-state index is 0.0135. The van der Waals surface area contributed by atoms with Crippen LogP contribution in [0.25, 0.3) is 0 Å². The summed E-state index contributed by atoms with van der Waals surface area (Å²) in [5.41, 5.74) is 0. The third-order valence-electron chi connectivity index (χ3n) is 3.01. The summed E-state index contributed by atoms with van der Waals surface area (Å²) >= 11 is 0. The fourth-order valence-electron chi connectivity index (χ4n) is 1.80. The molecule has 2 amide bonds. The Labute approximate surface area is 91.0 Å². The number of rotatable bonds is 4. The molecule has 1 N–H and O–H groups in total. The van der Waals surface area contributed by atoms with Crippen LogP contribution in [0.15, 0.2) is 0 Å². The summed E-state index contributed by atoms with van der Waals surface area (Å²) in [6.07, 6.45) is 1.72. The van der Waals surface area contributed by atoms with Gasteiger partial charge in [-0.15, -0.1) is 0 Å². The maximum atomic E-state index is 11.7. The van der Waals surface area contributed by atoms with Crippen LogP contribution in [-0.4, -0.2) is 35.8 Å². The molecule has 0 aromatic carbocycles. The van der Waals surface area contributed by atoms with E-state index in [1.54, 1.807) is 4.90 Å². The fraction of sp³-hybridized carbons (Fsp3) is 0.818. The predicted molar refractivity (Wildman–Crippen MR) is 58.3 cm³/mol. The third-order valence-corrected chi connectivity index (χ3v) is 3.01. The van der Waals surface area contributed by atoms with E-state index in [0.717, 1.165) is 6.42 Å². The van der Waals surface area contributed by atoms with Gasteiger partial charge in [0.15, 0.2) is 0 Å². The number of nitrogens with zero attached hydrogens (tertiary/aromatic N) is 1. The molecule has 0 aromatic heterocycles. The molecule has 1 heterocycles. The number of carbonyl (C=O) groups excluding carboxylic acids is 2. The van der Waals surface area contributed by atoms with Crippen molar-refractivity contribution >= 4 is 11.8 Å². The van der Waals surface area contributed by atoms with Crippen molar-refractivity contribution in [3.8, 4) is 0 Å². The van der Waals surface area contributed by atoms with E-state index < -0.39 is 0 Å². The molecule has 2 atom stereocenters. The molecule has 0 bridgehead atoms. The first-order valence-electron chi connectivity index (χ1n) is 5.67. The molecule has 0 aromatic rings. The Morgan fingerprint density at radius 2 is 2.13 bits per heavy atom. The van der Waals surface area contributed by atoms with Crippen molar-refractivity contribution in [1.29, 1.82) is 0 Å². The molecular formula is C11H20N2O2. The Morgan fingerprint density at radius 1 is 1.47 bits per heavy atom. The molecule has 86 valence electrons. The maximum absolute atomic E-state index is 11.7. The van der Waals surface area contributed by atoms with Gasteiger partial charge < -0.3 is 10.2 Å². The number of nitrogens with one attached hydrogen (secondary N) is 1. The van der Waals surface area contributed by atoms with Crippen LogP contribution in [0.5, 0.6) is 0 Å². The first-order valence-corrected chi connectivity index (χ1v) is 5.67. The van der Waals surface area contributed by atoms with Crippen LogP contribution in [0.2, 0.25) is 0 Å². The highest BCUT2D eigenvalue weighted by Gasteiger charge is 2.33. The number of carbonyl (C=O) groups is 2. The second-order valence-corrected chi connectivity index (χ2v) is 4.20. The molecule has 2 unspecified atom stereocenters. The van der Waals surface area contributed by atoms with E-state index in [1.807, 2.05) is 6.92 Å². The van der Waals surface area contributed by atoms with Gasteiger partial charge in [-0.25, -0.2) is 0 Å². The number of hydrogen-bond donors (Lipinski definition) is 1. The van der Waals surface area contributed by atoms with E-state index in [9.17, 15) is 9.59 Å². The Bertz CT molecular complexity index is 253. The summed E-state index contributed by atoms with van der Waals surface area (Å²) in [5, 5.41) is 2.62. The van der Waals surface area contributed by atoms with Gasteiger partial charge in [0.05, 0.1) is 6.54 Å². The smallest absolute Gasteiger partial charge is 0.243 e. The Morgan fingerprint density at radius 3 is 2.67 bits per heavy atom. The highest BCUT2D eigenvalue weighted by Crippen LogP contribution is 2.13. The molecule has 1 saturated heterocycles. The summed E-state index contributed by atoms with van der Waals surface area (Å²) in [6.45, 7) is 6.99. The zero-order chi connectivity index (χ0) is 11.4. The van der Waals surface area contributed by atoms with Gasteiger partial charge in [0.25, 0.3) is 0 Å². The Kier molecular flexibility index (Phi) is 4.12. The van der Waals surface area contributed by atoms with Crippen molar-refractivity contribution < 1.29 is 9.59 Å². The van der Waals surface area contributed by atoms with E-state index in [4.69, 9.17) is 0 Å². The molecule has 1 rings (SSSR count). The van der Waals surface area contributed by atoms with E-state index in [-0.39, 0.29) is 24.4 Å². The molecule has 15 heavy (non-hydrogen) atoms. The molecule has 1 aliphatic heterocycles. The normalized spacial score (nSPS) is 23.9. The zero-order valence-corrected chi connectivity index (χ0v) is 9.75. The van der Waals surface area contributed by atoms with Gasteiger partial charge in [0, 0.05) is 6.54 Å². The lowest BCUT2D eigenvalue weighted by Crippen LogP contribution is -2.58. The van der Waals surface area contributed by atoms with Crippen molar-refractivity contribution in [3.63, 3.8) is 0 Å². The van der Waals surface area contributed by atoms with Gasteiger partial charge in [0.1, 0.15) is 6.04 Å². The van der Waals surface area contributed by atoms with Gasteiger partial charge in [0.2, 0.25) is 11.8 Å². The average molecular weight is 212 g/mol. The summed E-state index contributed by atoms with van der Waals surface area (Å²) in [6, 6.07) is -0.264. The van der Waals surface area contributed by atoms with E-state index in [0.29, 0.717) is 18.9 Å². The highest BCUT2D eigenvalue weighted by atomic mass is 16.2. The molecule has 0 radical (unpaired) electrons. The van der Waals surface area contributed by atoms with Crippen LogP contribution in [-0.2, 0) is 9.59 Å². The van der Waals surface area contributed by atoms with Crippen molar-refractivity contribution in [2.45, 2.75) is 39.7 Å². The summed E-state index contributed by atoms with van der Waals surface area (Å²) in [7, 11) is 0. The minimum Gasteiger partial charge on any atom is -0.345 e. The predicted octanol–water partition coefficient (Wildman–Crippen LogP) is 0.769. The second-order valence-electron chi connectivity index (χ2n) is 4.20. The Hall–Kier alpha value is -1.06. The van der Waals surface area contributed by atoms with Gasteiger partial charge >= 0.3 is 0 Å². The van der Waals surface area contributed by atoms with E-state index in [1.165, 1.54) is 0 Å². The van der Waals surface area contributed by atoms with Crippen molar-refractivity contribution in [2.75, 3.05) is 13.1 Å². The van der Waals surface area contributed by atoms with E-state index in [2.05, 4.69) is 19.2 Å². The topological polar surface area (TPSA) is 49.4 Å². The number of amides is 2. The quantitative estimate of drug-likeness (QED) is 0.748. The molecule has 0 saturated carbocycles. The van der Waals surface area contributed by atoms with Gasteiger partial charge in [-0.05, 0) is 12.3 Å². The number of piperazine rings is 1. The van der Waals surface area contributed by atoms with Crippen molar-refractivity contribution in [3.05, 3.63) is 0 Å². The van der Waals surface area contributed by atoms with Crippen LogP contribution < -0.4 is 5.32 Å². The molecule has 1 fully saturated rings. The van der Waals surface area contributed by atoms with Crippen LogP contribution in [0.3, 0.4) is 0 Å². The molecule has 4 nitrogen and oxygen atoms in total. The monoisotopic (exact) mass is 212 g/mol. The van der Waals surface area contributed by atoms with Crippen LogP contribution in [0.4, 0.5) is 0 Å². The van der Waals surface area contributed by atoms with Gasteiger partial charge in [-0.3, -0.25) is 9.59 Å². The third kappa shape index (κ3) is 2.70. The van der Waals surface area contributed by atoms with Gasteiger partial charge in [-0.1, -0.05) is 27.2 Å². The SMILES string of the molecule is CCC(C)CN1C(=O)CNC(=O)C1CC. The van der Waals surface area contributed by atoms with E-state index >= 15 is 0 Å². The second kappa shape index (κ2) is 5.14. The van der Waals surface area contributed by atoms with Crippen molar-refractivity contribution in [2.24, 2.45) is 5.92 Å². The molecule has 1 aliphatic rings. The highest BCUT2D eigenvalue weighted by molar-refractivity contribution is 5.94. The van der Waals surface area contributed by atoms with Crippen LogP contribution >= 0.6 is 0 Å². The molecule has 4 heteroatoms. The summed E-state index contributed by atoms with van der Waals surface area (Å²) in [5.74, 6) is 0.482. The molecule has 0 spiro atoms. The molecular weight excluding hydrogens is 192 g/mol. The van der Waals surface area contributed by atoms with Crippen molar-refractivity contribution in [1.82, 2.24) is 10.2 Å². The standard InChI is InChI=1S/C11H20N2O2/c1-4-8(3)7-13-9(5-2)11(15)12-6-10(13)14/h8-9H,4-7H2,1-3H3,(H,12,15). The fourth-order valence-corrected chi connectivity index (χ4v) is 1.80. The van der Waals surface area contributed by atoms with Crippen LogP contribution in [0, 0.1) is 5.92 Å². The maximum Gasteiger partial charge on any atom is 0.243 e. The zero-order valence-electron chi connectivity index (χ0n) is 9.75. The largest absolute Gasteiger partial charge is 0.345 e. The first kappa shape index (κ1) is 12.0. The van der Waals surface area contributed by atoms with Crippen LogP contribution in [0.1, 0.15) is 33.6 Å². The average Bonchev–Trinajstić information content (AvgIpc) is 2.23. The lowest BCUT2D eigenvalue weighted by Gasteiger charge is -2.35. The Balaban J connectivity index is 2.70. The lowest BCUT2D eigenvalue weighted by molar-refractivity contribution is -0.146. The minimum atomic E-state index is -0.264. The summed E-state index contributed by atoms with van der Waals surface area (Å²) < 4.78 is 0.